The number of rotatable bonds is 7. The number of hydrogen-bond acceptors (Lipinski definition) is 4. The molecule has 0 rings (SSSR count). The molecule has 78 valence electrons. The quantitative estimate of drug-likeness (QED) is 0.469. The first kappa shape index (κ1) is 12.4. The standard InChI is InChI=1S/C9H19NO3/c1-4-8(10-2)9(11)13-7-5-6-12-3/h8,10H,4-7H2,1-3H3. The van der Waals surface area contributed by atoms with Gasteiger partial charge in [0.2, 0.25) is 0 Å². The summed E-state index contributed by atoms with van der Waals surface area (Å²) in [5, 5.41) is 2.89. The molecule has 0 fully saturated rings. The molecule has 0 aliphatic heterocycles. The lowest BCUT2D eigenvalue weighted by Gasteiger charge is -2.12. The summed E-state index contributed by atoms with van der Waals surface area (Å²) in [6, 6.07) is -0.178. The van der Waals surface area contributed by atoms with Gasteiger partial charge in [0.05, 0.1) is 6.61 Å². The number of likely N-dealkylation sites (N-methyl/N-ethyl adjacent to an activating group) is 1. The van der Waals surface area contributed by atoms with Gasteiger partial charge in [0.15, 0.2) is 0 Å². The van der Waals surface area contributed by atoms with Crippen molar-refractivity contribution in [2.45, 2.75) is 25.8 Å². The van der Waals surface area contributed by atoms with Crippen molar-refractivity contribution in [1.29, 1.82) is 0 Å². The maximum absolute atomic E-state index is 11.2. The van der Waals surface area contributed by atoms with Gasteiger partial charge < -0.3 is 14.8 Å². The molecule has 0 aromatic carbocycles. The van der Waals surface area contributed by atoms with E-state index >= 15 is 0 Å². The summed E-state index contributed by atoms with van der Waals surface area (Å²) in [5.74, 6) is -0.180. The first-order valence-electron chi connectivity index (χ1n) is 4.59. The SMILES string of the molecule is CCC(NC)C(=O)OCCCOC. The maximum Gasteiger partial charge on any atom is 0.323 e. The summed E-state index contributed by atoms with van der Waals surface area (Å²) >= 11 is 0. The Hall–Kier alpha value is -0.610. The number of hydrogen-bond donors (Lipinski definition) is 1. The molecule has 0 amide bonds. The Balaban J connectivity index is 3.48. The van der Waals surface area contributed by atoms with E-state index in [9.17, 15) is 4.79 Å². The number of esters is 1. The largest absolute Gasteiger partial charge is 0.464 e. The second-order valence-corrected chi connectivity index (χ2v) is 2.76. The van der Waals surface area contributed by atoms with Crippen LogP contribution in [-0.2, 0) is 14.3 Å². The fraction of sp³-hybridized carbons (Fsp3) is 0.889. The molecule has 0 aromatic heterocycles. The van der Waals surface area contributed by atoms with Crippen LogP contribution in [0.2, 0.25) is 0 Å². The highest BCUT2D eigenvalue weighted by Gasteiger charge is 2.14. The van der Waals surface area contributed by atoms with Crippen LogP contribution in [0, 0.1) is 0 Å². The molecule has 1 unspecified atom stereocenters. The molecule has 1 N–H and O–H groups in total. The van der Waals surface area contributed by atoms with Gasteiger partial charge in [0, 0.05) is 20.1 Å². The Labute approximate surface area is 79.6 Å². The summed E-state index contributed by atoms with van der Waals surface area (Å²) in [7, 11) is 3.38. The van der Waals surface area contributed by atoms with E-state index < -0.39 is 0 Å². The smallest absolute Gasteiger partial charge is 0.323 e. The third kappa shape index (κ3) is 5.60. The minimum absolute atomic E-state index is 0.178. The molecule has 0 heterocycles. The summed E-state index contributed by atoms with van der Waals surface area (Å²) < 4.78 is 9.84. The van der Waals surface area contributed by atoms with Gasteiger partial charge in [-0.25, -0.2) is 0 Å². The Bertz CT molecular complexity index is 135. The zero-order valence-electron chi connectivity index (χ0n) is 8.63. The molecule has 0 radical (unpaired) electrons. The Morgan fingerprint density at radius 1 is 1.46 bits per heavy atom. The van der Waals surface area contributed by atoms with E-state index in [4.69, 9.17) is 9.47 Å². The van der Waals surface area contributed by atoms with Crippen molar-refractivity contribution in [2.24, 2.45) is 0 Å². The number of methoxy groups -OCH3 is 1. The monoisotopic (exact) mass is 189 g/mol. The van der Waals surface area contributed by atoms with Gasteiger partial charge in [-0.3, -0.25) is 4.79 Å². The fourth-order valence-electron chi connectivity index (χ4n) is 0.965. The third-order valence-corrected chi connectivity index (χ3v) is 1.78. The molecule has 0 saturated carbocycles. The van der Waals surface area contributed by atoms with Crippen molar-refractivity contribution in [3.8, 4) is 0 Å². The Kier molecular flexibility index (Phi) is 7.63. The zero-order valence-corrected chi connectivity index (χ0v) is 8.63. The molecular formula is C9H19NO3. The molecular weight excluding hydrogens is 170 g/mol. The van der Waals surface area contributed by atoms with Crippen LogP contribution in [0.25, 0.3) is 0 Å². The van der Waals surface area contributed by atoms with E-state index in [1.54, 1.807) is 14.2 Å². The molecule has 4 heteroatoms. The summed E-state index contributed by atoms with van der Waals surface area (Å²) in [4.78, 5) is 11.2. The summed E-state index contributed by atoms with van der Waals surface area (Å²) in [6.07, 6.45) is 1.50. The Morgan fingerprint density at radius 2 is 2.15 bits per heavy atom. The molecule has 1 atom stereocenters. The second-order valence-electron chi connectivity index (χ2n) is 2.76. The van der Waals surface area contributed by atoms with Crippen molar-refractivity contribution >= 4 is 5.97 Å². The van der Waals surface area contributed by atoms with Gasteiger partial charge in [-0.05, 0) is 13.5 Å². The van der Waals surface area contributed by atoms with E-state index in [1.807, 2.05) is 6.92 Å². The highest BCUT2D eigenvalue weighted by Crippen LogP contribution is 1.94. The number of ether oxygens (including phenoxy) is 2. The topological polar surface area (TPSA) is 47.6 Å². The average molecular weight is 189 g/mol. The first-order chi connectivity index (χ1) is 6.26. The molecule has 0 aliphatic rings. The number of carbonyl (C=O) groups excluding carboxylic acids is 1. The van der Waals surface area contributed by atoms with Crippen LogP contribution in [0.1, 0.15) is 19.8 Å². The average Bonchev–Trinajstić information content (AvgIpc) is 2.14. The second kappa shape index (κ2) is 8.01. The van der Waals surface area contributed by atoms with Gasteiger partial charge in [-0.15, -0.1) is 0 Å². The number of carbonyl (C=O) groups is 1. The molecule has 0 aliphatic carbocycles. The van der Waals surface area contributed by atoms with Crippen LogP contribution in [-0.4, -0.2) is 39.4 Å². The van der Waals surface area contributed by atoms with Crippen molar-refractivity contribution in [2.75, 3.05) is 27.4 Å². The normalized spacial score (nSPS) is 12.5. The number of nitrogens with one attached hydrogen (secondary N) is 1. The fourth-order valence-corrected chi connectivity index (χ4v) is 0.965. The van der Waals surface area contributed by atoms with Crippen LogP contribution in [0.15, 0.2) is 0 Å². The summed E-state index contributed by atoms with van der Waals surface area (Å²) in [5.41, 5.74) is 0. The minimum atomic E-state index is -0.180. The predicted molar refractivity (Wildman–Crippen MR) is 50.6 cm³/mol. The molecule has 13 heavy (non-hydrogen) atoms. The van der Waals surface area contributed by atoms with Crippen LogP contribution < -0.4 is 5.32 Å². The van der Waals surface area contributed by atoms with Gasteiger partial charge in [-0.1, -0.05) is 6.92 Å². The predicted octanol–water partition coefficient (Wildman–Crippen LogP) is 0.564. The van der Waals surface area contributed by atoms with Crippen molar-refractivity contribution in [3.63, 3.8) is 0 Å². The van der Waals surface area contributed by atoms with Gasteiger partial charge >= 0.3 is 5.97 Å². The van der Waals surface area contributed by atoms with E-state index in [0.717, 1.165) is 12.8 Å². The molecule has 0 saturated heterocycles. The molecule has 4 nitrogen and oxygen atoms in total. The van der Waals surface area contributed by atoms with Crippen molar-refractivity contribution < 1.29 is 14.3 Å². The first-order valence-corrected chi connectivity index (χ1v) is 4.59. The molecule has 0 aromatic rings. The molecule has 0 bridgehead atoms. The van der Waals surface area contributed by atoms with Crippen molar-refractivity contribution in [3.05, 3.63) is 0 Å². The highest BCUT2D eigenvalue weighted by molar-refractivity contribution is 5.75. The Morgan fingerprint density at radius 3 is 2.62 bits per heavy atom. The maximum atomic E-state index is 11.2. The lowest BCUT2D eigenvalue weighted by atomic mass is 10.2. The molecule has 0 spiro atoms. The van der Waals surface area contributed by atoms with Crippen molar-refractivity contribution in [1.82, 2.24) is 5.32 Å². The van der Waals surface area contributed by atoms with Gasteiger partial charge in [0.1, 0.15) is 6.04 Å². The van der Waals surface area contributed by atoms with Gasteiger partial charge in [-0.2, -0.15) is 0 Å². The lowest BCUT2D eigenvalue weighted by molar-refractivity contribution is -0.146. The zero-order chi connectivity index (χ0) is 10.1. The summed E-state index contributed by atoms with van der Waals surface area (Å²) in [6.45, 7) is 3.01. The van der Waals surface area contributed by atoms with E-state index in [-0.39, 0.29) is 12.0 Å². The van der Waals surface area contributed by atoms with Crippen LogP contribution in [0.3, 0.4) is 0 Å². The minimum Gasteiger partial charge on any atom is -0.464 e. The lowest BCUT2D eigenvalue weighted by Crippen LogP contribution is -2.35. The van der Waals surface area contributed by atoms with E-state index in [1.165, 1.54) is 0 Å². The van der Waals surface area contributed by atoms with E-state index in [0.29, 0.717) is 13.2 Å². The highest BCUT2D eigenvalue weighted by atomic mass is 16.5. The van der Waals surface area contributed by atoms with Crippen LogP contribution >= 0.6 is 0 Å². The van der Waals surface area contributed by atoms with Crippen LogP contribution in [0.4, 0.5) is 0 Å². The van der Waals surface area contributed by atoms with Gasteiger partial charge in [0.25, 0.3) is 0 Å². The van der Waals surface area contributed by atoms with E-state index in [2.05, 4.69) is 5.32 Å². The third-order valence-electron chi connectivity index (χ3n) is 1.78. The van der Waals surface area contributed by atoms with Crippen LogP contribution in [0.5, 0.6) is 0 Å².